The molecule has 0 aliphatic rings. The summed E-state index contributed by atoms with van der Waals surface area (Å²) in [4.78, 5) is 11.1. The average Bonchev–Trinajstić information content (AvgIpc) is 2.34. The maximum absolute atomic E-state index is 11.9. The largest absolute Gasteiger partial charge is 0.445 e. The molecular formula is C11H13F2NO3. The van der Waals surface area contributed by atoms with Gasteiger partial charge in [-0.05, 0) is 5.56 Å². The number of hydrogen-bond donors (Lipinski definition) is 2. The molecule has 0 radical (unpaired) electrons. The Morgan fingerprint density at radius 1 is 1.35 bits per heavy atom. The fourth-order valence-corrected chi connectivity index (χ4v) is 1.05. The number of alkyl carbamates (subject to hydrolysis) is 1. The quantitative estimate of drug-likeness (QED) is 0.827. The highest BCUT2D eigenvalue weighted by Gasteiger charge is 2.17. The second-order valence-corrected chi connectivity index (χ2v) is 3.34. The number of ether oxygens (including phenoxy) is 1. The van der Waals surface area contributed by atoms with Gasteiger partial charge in [0.1, 0.15) is 12.7 Å². The molecule has 0 aliphatic heterocycles. The number of aliphatic hydroxyl groups is 1. The van der Waals surface area contributed by atoms with E-state index in [9.17, 15) is 13.6 Å². The topological polar surface area (TPSA) is 58.6 Å². The fourth-order valence-electron chi connectivity index (χ4n) is 1.05. The first-order valence-corrected chi connectivity index (χ1v) is 5.00. The van der Waals surface area contributed by atoms with E-state index in [4.69, 9.17) is 9.84 Å². The van der Waals surface area contributed by atoms with Gasteiger partial charge in [-0.3, -0.25) is 0 Å². The van der Waals surface area contributed by atoms with Crippen LogP contribution in [0.3, 0.4) is 0 Å². The third-order valence-electron chi connectivity index (χ3n) is 1.96. The lowest BCUT2D eigenvalue weighted by Crippen LogP contribution is -2.36. The van der Waals surface area contributed by atoms with Crippen LogP contribution in [0.25, 0.3) is 0 Å². The Bertz CT molecular complexity index is 346. The van der Waals surface area contributed by atoms with Crippen LogP contribution in [-0.4, -0.2) is 30.3 Å². The number of carbonyl (C=O) groups excluding carboxylic acids is 1. The van der Waals surface area contributed by atoms with E-state index in [1.807, 2.05) is 11.4 Å². The standard InChI is InChI=1S/C11H13F2NO3/c12-10(13)9(15)6-14-11(16)17-7-8-4-2-1-3-5-8/h1-5,9-10,15H,6-7H2,(H,14,16)/t9-/m1/s1. The summed E-state index contributed by atoms with van der Waals surface area (Å²) < 4.78 is 28.5. The lowest BCUT2D eigenvalue weighted by atomic mass is 10.2. The number of carbonyl (C=O) groups is 1. The highest BCUT2D eigenvalue weighted by atomic mass is 19.3. The number of rotatable bonds is 5. The summed E-state index contributed by atoms with van der Waals surface area (Å²) in [6.45, 7) is -0.483. The lowest BCUT2D eigenvalue weighted by Gasteiger charge is -2.10. The van der Waals surface area contributed by atoms with Gasteiger partial charge in [-0.2, -0.15) is 0 Å². The minimum atomic E-state index is -2.88. The van der Waals surface area contributed by atoms with Gasteiger partial charge in [-0.1, -0.05) is 30.3 Å². The van der Waals surface area contributed by atoms with Crippen molar-refractivity contribution < 1.29 is 23.4 Å². The number of nitrogens with one attached hydrogen (secondary N) is 1. The molecule has 2 N–H and O–H groups in total. The highest BCUT2D eigenvalue weighted by molar-refractivity contribution is 5.67. The van der Waals surface area contributed by atoms with Crippen LogP contribution in [0.2, 0.25) is 0 Å². The monoisotopic (exact) mass is 245 g/mol. The zero-order chi connectivity index (χ0) is 12.7. The van der Waals surface area contributed by atoms with Crippen LogP contribution in [-0.2, 0) is 11.3 Å². The van der Waals surface area contributed by atoms with E-state index in [0.717, 1.165) is 5.56 Å². The van der Waals surface area contributed by atoms with E-state index in [1.54, 1.807) is 24.3 Å². The molecule has 4 nitrogen and oxygen atoms in total. The van der Waals surface area contributed by atoms with Crippen molar-refractivity contribution >= 4 is 6.09 Å². The SMILES string of the molecule is O=C(NC[C@@H](O)C(F)F)OCc1ccccc1. The van der Waals surface area contributed by atoms with Crippen LogP contribution in [0.1, 0.15) is 5.56 Å². The molecule has 94 valence electrons. The number of alkyl halides is 2. The summed E-state index contributed by atoms with van der Waals surface area (Å²) in [5, 5.41) is 10.8. The molecule has 17 heavy (non-hydrogen) atoms. The average molecular weight is 245 g/mol. The molecule has 1 amide bonds. The maximum atomic E-state index is 11.9. The number of halogens is 2. The summed E-state index contributed by atoms with van der Waals surface area (Å²) in [5.74, 6) is 0. The first-order valence-electron chi connectivity index (χ1n) is 5.00. The predicted octanol–water partition coefficient (Wildman–Crippen LogP) is 1.54. The molecule has 1 rings (SSSR count). The predicted molar refractivity (Wildman–Crippen MR) is 56.6 cm³/mol. The first kappa shape index (κ1) is 13.4. The number of aliphatic hydroxyl groups excluding tert-OH is 1. The van der Waals surface area contributed by atoms with Crippen LogP contribution in [0, 0.1) is 0 Å². The van der Waals surface area contributed by atoms with Gasteiger partial charge in [0.2, 0.25) is 0 Å². The lowest BCUT2D eigenvalue weighted by molar-refractivity contribution is -0.00341. The minimum absolute atomic E-state index is 0.0530. The van der Waals surface area contributed by atoms with Crippen molar-refractivity contribution in [2.45, 2.75) is 19.1 Å². The third kappa shape index (κ3) is 5.26. The van der Waals surface area contributed by atoms with Gasteiger partial charge in [-0.15, -0.1) is 0 Å². The van der Waals surface area contributed by atoms with Crippen molar-refractivity contribution in [3.63, 3.8) is 0 Å². The van der Waals surface area contributed by atoms with E-state index in [1.165, 1.54) is 0 Å². The van der Waals surface area contributed by atoms with Crippen molar-refractivity contribution in [3.8, 4) is 0 Å². The molecule has 0 saturated carbocycles. The van der Waals surface area contributed by atoms with Crippen LogP contribution >= 0.6 is 0 Å². The smallest absolute Gasteiger partial charge is 0.407 e. The van der Waals surface area contributed by atoms with Gasteiger partial charge in [0.25, 0.3) is 6.43 Å². The molecule has 0 bridgehead atoms. The Kier molecular flexibility index (Phi) is 5.35. The molecule has 0 fully saturated rings. The van der Waals surface area contributed by atoms with E-state index < -0.39 is 25.2 Å². The summed E-state index contributed by atoms with van der Waals surface area (Å²) in [6.07, 6.45) is -5.60. The van der Waals surface area contributed by atoms with Gasteiger partial charge in [-0.25, -0.2) is 13.6 Å². The molecule has 0 unspecified atom stereocenters. The Labute approximate surface area is 97.2 Å². The van der Waals surface area contributed by atoms with Gasteiger partial charge in [0.05, 0.1) is 6.54 Å². The zero-order valence-corrected chi connectivity index (χ0v) is 8.98. The van der Waals surface area contributed by atoms with Crippen LogP contribution < -0.4 is 5.32 Å². The van der Waals surface area contributed by atoms with Crippen LogP contribution in [0.4, 0.5) is 13.6 Å². The van der Waals surface area contributed by atoms with Crippen molar-refractivity contribution in [2.24, 2.45) is 0 Å². The normalized spacial score (nSPS) is 12.2. The molecule has 1 atom stereocenters. The fraction of sp³-hybridized carbons (Fsp3) is 0.364. The maximum Gasteiger partial charge on any atom is 0.407 e. The number of amides is 1. The molecule has 1 aromatic carbocycles. The molecule has 6 heteroatoms. The number of hydrogen-bond acceptors (Lipinski definition) is 3. The van der Waals surface area contributed by atoms with E-state index >= 15 is 0 Å². The van der Waals surface area contributed by atoms with Gasteiger partial charge in [0.15, 0.2) is 0 Å². The molecule has 0 spiro atoms. The second kappa shape index (κ2) is 6.80. The van der Waals surface area contributed by atoms with E-state index in [2.05, 4.69) is 0 Å². The summed E-state index contributed by atoms with van der Waals surface area (Å²) in [5.41, 5.74) is 0.789. The Morgan fingerprint density at radius 3 is 2.59 bits per heavy atom. The molecule has 0 heterocycles. The van der Waals surface area contributed by atoms with E-state index in [0.29, 0.717) is 0 Å². The molecule has 0 saturated heterocycles. The van der Waals surface area contributed by atoms with Crippen molar-refractivity contribution in [3.05, 3.63) is 35.9 Å². The zero-order valence-electron chi connectivity index (χ0n) is 8.98. The van der Waals surface area contributed by atoms with Crippen molar-refractivity contribution in [1.29, 1.82) is 0 Å². The highest BCUT2D eigenvalue weighted by Crippen LogP contribution is 2.01. The molecule has 0 aromatic heterocycles. The van der Waals surface area contributed by atoms with Gasteiger partial charge in [0, 0.05) is 0 Å². The van der Waals surface area contributed by atoms with E-state index in [-0.39, 0.29) is 6.61 Å². The second-order valence-electron chi connectivity index (χ2n) is 3.34. The Hall–Kier alpha value is -1.69. The minimum Gasteiger partial charge on any atom is -0.445 e. The van der Waals surface area contributed by atoms with Gasteiger partial charge >= 0.3 is 6.09 Å². The molecular weight excluding hydrogens is 232 g/mol. The Balaban J connectivity index is 2.22. The third-order valence-corrected chi connectivity index (χ3v) is 1.96. The Morgan fingerprint density at radius 2 is 2.00 bits per heavy atom. The van der Waals surface area contributed by atoms with Gasteiger partial charge < -0.3 is 15.2 Å². The van der Waals surface area contributed by atoms with Crippen molar-refractivity contribution in [2.75, 3.05) is 6.54 Å². The number of benzene rings is 1. The van der Waals surface area contributed by atoms with Crippen LogP contribution in [0.15, 0.2) is 30.3 Å². The summed E-state index contributed by atoms with van der Waals surface area (Å²) in [7, 11) is 0. The van der Waals surface area contributed by atoms with Crippen LogP contribution in [0.5, 0.6) is 0 Å². The first-order chi connectivity index (χ1) is 8.09. The summed E-state index contributed by atoms with van der Waals surface area (Å²) in [6, 6.07) is 8.93. The molecule has 0 aliphatic carbocycles. The summed E-state index contributed by atoms with van der Waals surface area (Å²) >= 11 is 0. The molecule has 1 aromatic rings. The van der Waals surface area contributed by atoms with Crippen molar-refractivity contribution in [1.82, 2.24) is 5.32 Å².